The molecule has 1 N–H and O–H groups in total. The van der Waals surface area contributed by atoms with Crippen molar-refractivity contribution >= 4 is 23.3 Å². The molecular formula is C25H20F2N4O2. The number of nitrogens with zero attached hydrogens (tertiary/aromatic N) is 3. The minimum Gasteiger partial charge on any atom is -0.322 e. The van der Waals surface area contributed by atoms with Crippen molar-refractivity contribution in [3.05, 3.63) is 95.1 Å². The molecule has 0 aromatic heterocycles. The molecule has 1 heterocycles. The van der Waals surface area contributed by atoms with Crippen LogP contribution in [0.3, 0.4) is 0 Å². The van der Waals surface area contributed by atoms with Gasteiger partial charge in [-0.2, -0.15) is 5.26 Å². The van der Waals surface area contributed by atoms with Crippen molar-refractivity contribution in [3.63, 3.8) is 0 Å². The van der Waals surface area contributed by atoms with E-state index in [1.807, 2.05) is 12.1 Å². The first-order valence-corrected chi connectivity index (χ1v) is 10.4. The summed E-state index contributed by atoms with van der Waals surface area (Å²) in [5.41, 5.74) is 1.98. The Morgan fingerprint density at radius 1 is 1.03 bits per heavy atom. The van der Waals surface area contributed by atoms with Gasteiger partial charge in [-0.05, 0) is 48.4 Å². The highest BCUT2D eigenvalue weighted by atomic mass is 19.1. The van der Waals surface area contributed by atoms with E-state index in [2.05, 4.69) is 11.4 Å². The maximum absolute atomic E-state index is 13.9. The van der Waals surface area contributed by atoms with Crippen LogP contribution in [0, 0.1) is 23.0 Å². The second-order valence-corrected chi connectivity index (χ2v) is 7.61. The first kappa shape index (κ1) is 22.0. The van der Waals surface area contributed by atoms with E-state index in [1.165, 1.54) is 0 Å². The van der Waals surface area contributed by atoms with Crippen molar-refractivity contribution < 1.29 is 18.4 Å². The zero-order chi connectivity index (χ0) is 23.4. The average molecular weight is 446 g/mol. The van der Waals surface area contributed by atoms with Gasteiger partial charge >= 0.3 is 6.03 Å². The molecule has 166 valence electrons. The molecule has 4 rings (SSSR count). The minimum atomic E-state index is -0.955. The molecule has 6 nitrogen and oxygen atoms in total. The van der Waals surface area contributed by atoms with Crippen LogP contribution in [0.5, 0.6) is 0 Å². The number of halogens is 2. The second kappa shape index (κ2) is 9.49. The molecule has 3 aromatic carbocycles. The predicted octanol–water partition coefficient (Wildman–Crippen LogP) is 4.92. The highest BCUT2D eigenvalue weighted by Gasteiger charge is 2.27. The maximum Gasteiger partial charge on any atom is 0.324 e. The quantitative estimate of drug-likeness (QED) is 0.604. The second-order valence-electron chi connectivity index (χ2n) is 7.61. The lowest BCUT2D eigenvalue weighted by molar-refractivity contribution is 0.102. The van der Waals surface area contributed by atoms with Crippen LogP contribution in [0.2, 0.25) is 0 Å². The first-order chi connectivity index (χ1) is 16.0. The number of hydrogen-bond acceptors (Lipinski definition) is 3. The Hall–Kier alpha value is -4.25. The van der Waals surface area contributed by atoms with E-state index in [9.17, 15) is 23.6 Å². The SMILES string of the molecule is N#Cc1ccccc1CN1CCCN(c2cccc(NC(=O)c3ccc(F)cc3F)c2)C1=O. The zero-order valence-electron chi connectivity index (χ0n) is 17.6. The molecule has 0 radical (unpaired) electrons. The summed E-state index contributed by atoms with van der Waals surface area (Å²) < 4.78 is 27.0. The van der Waals surface area contributed by atoms with Gasteiger partial charge in [0.25, 0.3) is 5.91 Å². The molecule has 0 spiro atoms. The molecular weight excluding hydrogens is 426 g/mol. The van der Waals surface area contributed by atoms with Crippen LogP contribution < -0.4 is 10.2 Å². The number of nitriles is 1. The highest BCUT2D eigenvalue weighted by molar-refractivity contribution is 6.05. The summed E-state index contributed by atoms with van der Waals surface area (Å²) in [6.07, 6.45) is 0.734. The normalized spacial score (nSPS) is 13.5. The summed E-state index contributed by atoms with van der Waals surface area (Å²) in [5, 5.41) is 11.9. The molecule has 0 atom stereocenters. The zero-order valence-corrected chi connectivity index (χ0v) is 17.6. The summed E-state index contributed by atoms with van der Waals surface area (Å²) >= 11 is 0. The van der Waals surface area contributed by atoms with Crippen LogP contribution >= 0.6 is 0 Å². The summed E-state index contributed by atoms with van der Waals surface area (Å²) in [7, 11) is 0. The summed E-state index contributed by atoms with van der Waals surface area (Å²) in [4.78, 5) is 28.9. The Kier molecular flexibility index (Phi) is 6.31. The Morgan fingerprint density at radius 2 is 1.85 bits per heavy atom. The van der Waals surface area contributed by atoms with Gasteiger partial charge < -0.3 is 10.2 Å². The Balaban J connectivity index is 1.51. The van der Waals surface area contributed by atoms with Crippen molar-refractivity contribution in [1.82, 2.24) is 4.90 Å². The van der Waals surface area contributed by atoms with Gasteiger partial charge in [0.2, 0.25) is 0 Å². The van der Waals surface area contributed by atoms with E-state index in [4.69, 9.17) is 0 Å². The molecule has 1 saturated heterocycles. The van der Waals surface area contributed by atoms with Crippen LogP contribution in [-0.4, -0.2) is 29.9 Å². The van der Waals surface area contributed by atoms with E-state index in [-0.39, 0.29) is 11.6 Å². The Labute approximate surface area is 189 Å². The van der Waals surface area contributed by atoms with Crippen molar-refractivity contribution in [2.45, 2.75) is 13.0 Å². The number of benzene rings is 3. The monoisotopic (exact) mass is 446 g/mol. The number of rotatable bonds is 5. The van der Waals surface area contributed by atoms with Gasteiger partial charge in [0.15, 0.2) is 0 Å². The lowest BCUT2D eigenvalue weighted by Gasteiger charge is -2.36. The third kappa shape index (κ3) is 4.83. The van der Waals surface area contributed by atoms with Gasteiger partial charge in [-0.15, -0.1) is 0 Å². The Bertz CT molecular complexity index is 1260. The van der Waals surface area contributed by atoms with Gasteiger partial charge in [-0.3, -0.25) is 9.69 Å². The first-order valence-electron chi connectivity index (χ1n) is 10.4. The van der Waals surface area contributed by atoms with Crippen molar-refractivity contribution in [1.29, 1.82) is 5.26 Å². The third-order valence-corrected chi connectivity index (χ3v) is 5.40. The summed E-state index contributed by atoms with van der Waals surface area (Å²) in [6.45, 7) is 1.38. The standard InChI is InChI=1S/C25H20F2N4O2/c26-19-9-10-22(23(27)13-19)24(32)29-20-7-3-8-21(14-20)31-12-4-11-30(25(31)33)16-18-6-2-1-5-17(18)15-28/h1-3,5-10,13-14H,4,11-12,16H2,(H,29,32). The van der Waals surface area contributed by atoms with E-state index in [1.54, 1.807) is 46.2 Å². The molecule has 8 heteroatoms. The van der Waals surface area contributed by atoms with Gasteiger partial charge in [0, 0.05) is 37.1 Å². The average Bonchev–Trinajstić information content (AvgIpc) is 2.81. The van der Waals surface area contributed by atoms with Crippen LogP contribution in [0.15, 0.2) is 66.7 Å². The summed E-state index contributed by atoms with van der Waals surface area (Å²) in [6, 6.07) is 18.5. The molecule has 0 saturated carbocycles. The number of hydrogen-bond donors (Lipinski definition) is 1. The van der Waals surface area contributed by atoms with Crippen LogP contribution in [0.4, 0.5) is 25.0 Å². The molecule has 0 unspecified atom stereocenters. The molecule has 1 aliphatic rings. The van der Waals surface area contributed by atoms with E-state index >= 15 is 0 Å². The van der Waals surface area contributed by atoms with Gasteiger partial charge in [-0.1, -0.05) is 24.3 Å². The number of anilines is 2. The van der Waals surface area contributed by atoms with E-state index in [0.29, 0.717) is 42.6 Å². The Morgan fingerprint density at radius 3 is 2.64 bits per heavy atom. The summed E-state index contributed by atoms with van der Waals surface area (Å²) in [5.74, 6) is -2.44. The number of amides is 3. The number of urea groups is 1. The minimum absolute atomic E-state index is 0.206. The van der Waals surface area contributed by atoms with E-state index in [0.717, 1.165) is 24.1 Å². The fourth-order valence-electron chi connectivity index (χ4n) is 3.76. The van der Waals surface area contributed by atoms with Gasteiger partial charge in [-0.25, -0.2) is 13.6 Å². The maximum atomic E-state index is 13.9. The molecule has 3 aromatic rings. The lowest BCUT2D eigenvalue weighted by atomic mass is 10.1. The predicted molar refractivity (Wildman–Crippen MR) is 120 cm³/mol. The number of carbonyl (C=O) groups excluding carboxylic acids is 2. The molecule has 1 aliphatic heterocycles. The molecule has 1 fully saturated rings. The van der Waals surface area contributed by atoms with Crippen molar-refractivity contribution in [3.8, 4) is 6.07 Å². The largest absolute Gasteiger partial charge is 0.324 e. The molecule has 0 bridgehead atoms. The van der Waals surface area contributed by atoms with Crippen LogP contribution in [0.1, 0.15) is 27.9 Å². The van der Waals surface area contributed by atoms with Crippen molar-refractivity contribution in [2.24, 2.45) is 0 Å². The molecule has 33 heavy (non-hydrogen) atoms. The highest BCUT2D eigenvalue weighted by Crippen LogP contribution is 2.25. The molecule has 3 amide bonds. The topological polar surface area (TPSA) is 76.4 Å². The number of carbonyl (C=O) groups is 2. The van der Waals surface area contributed by atoms with E-state index < -0.39 is 17.5 Å². The van der Waals surface area contributed by atoms with Gasteiger partial charge in [0.05, 0.1) is 17.2 Å². The van der Waals surface area contributed by atoms with Crippen LogP contribution in [0.25, 0.3) is 0 Å². The fourth-order valence-corrected chi connectivity index (χ4v) is 3.76. The molecule has 0 aliphatic carbocycles. The third-order valence-electron chi connectivity index (χ3n) is 5.40. The van der Waals surface area contributed by atoms with Crippen LogP contribution in [-0.2, 0) is 6.54 Å². The van der Waals surface area contributed by atoms with Crippen molar-refractivity contribution in [2.75, 3.05) is 23.3 Å². The fraction of sp³-hybridized carbons (Fsp3) is 0.160. The lowest BCUT2D eigenvalue weighted by Crippen LogP contribution is -2.49. The number of nitrogens with one attached hydrogen (secondary N) is 1. The smallest absolute Gasteiger partial charge is 0.322 e. The van der Waals surface area contributed by atoms with Gasteiger partial charge in [0.1, 0.15) is 11.6 Å².